The predicted molar refractivity (Wildman–Crippen MR) is 66.6 cm³/mol. The van der Waals surface area contributed by atoms with Gasteiger partial charge in [0.15, 0.2) is 0 Å². The van der Waals surface area contributed by atoms with Gasteiger partial charge in [-0.2, -0.15) is 0 Å². The van der Waals surface area contributed by atoms with Crippen LogP contribution in [0.15, 0.2) is 0 Å². The Kier molecular flexibility index (Phi) is 2.77. The van der Waals surface area contributed by atoms with Crippen molar-refractivity contribution in [1.29, 1.82) is 0 Å². The summed E-state index contributed by atoms with van der Waals surface area (Å²) in [5.41, 5.74) is -0.834. The van der Waals surface area contributed by atoms with Gasteiger partial charge in [0.25, 0.3) is 0 Å². The topological polar surface area (TPSA) is 43.7 Å². The number of hydrogen-bond donors (Lipinski definition) is 2. The molecule has 3 saturated carbocycles. The molecule has 0 aromatic rings. The summed E-state index contributed by atoms with van der Waals surface area (Å²) in [6.45, 7) is 1.89. The van der Waals surface area contributed by atoms with Crippen LogP contribution in [0.25, 0.3) is 0 Å². The Labute approximate surface area is 104 Å². The van der Waals surface area contributed by atoms with Gasteiger partial charge in [0.2, 0.25) is 0 Å². The standard InChI is InChI=1S/C14H25NO2/c1-15-7-6-14(17,9-15)13(10-16)8-11-2-4-12(13)5-3-11/h11-12,16-17H,2-10H2,1H3. The van der Waals surface area contributed by atoms with Crippen LogP contribution in [0.3, 0.4) is 0 Å². The van der Waals surface area contributed by atoms with E-state index in [2.05, 4.69) is 11.9 Å². The highest BCUT2D eigenvalue weighted by molar-refractivity contribution is 5.10. The highest BCUT2D eigenvalue weighted by Gasteiger charge is 2.60. The first-order valence-corrected chi connectivity index (χ1v) is 7.11. The maximum absolute atomic E-state index is 11.1. The number of likely N-dealkylation sites (N-methyl/N-ethyl adjacent to an activating group) is 1. The van der Waals surface area contributed by atoms with Crippen LogP contribution in [0, 0.1) is 17.3 Å². The van der Waals surface area contributed by atoms with Crippen LogP contribution in [0.1, 0.15) is 38.5 Å². The number of aliphatic hydroxyl groups excluding tert-OH is 1. The van der Waals surface area contributed by atoms with Crippen molar-refractivity contribution in [3.8, 4) is 0 Å². The third kappa shape index (κ3) is 1.59. The van der Waals surface area contributed by atoms with Crippen molar-refractivity contribution in [2.75, 3.05) is 26.7 Å². The Morgan fingerprint density at radius 2 is 1.94 bits per heavy atom. The van der Waals surface area contributed by atoms with Gasteiger partial charge in [-0.25, -0.2) is 0 Å². The molecule has 0 aromatic carbocycles. The molecule has 0 aromatic heterocycles. The van der Waals surface area contributed by atoms with Crippen LogP contribution in [-0.2, 0) is 0 Å². The van der Waals surface area contributed by atoms with Gasteiger partial charge in [-0.05, 0) is 44.6 Å². The normalized spacial score (nSPS) is 51.0. The molecule has 0 radical (unpaired) electrons. The summed E-state index contributed by atoms with van der Waals surface area (Å²) in [6, 6.07) is 0. The molecule has 1 aliphatic heterocycles. The Balaban J connectivity index is 1.91. The first-order chi connectivity index (χ1) is 8.10. The summed E-state index contributed by atoms with van der Waals surface area (Å²) in [6.07, 6.45) is 6.97. The molecule has 2 atom stereocenters. The summed E-state index contributed by atoms with van der Waals surface area (Å²) >= 11 is 0. The molecule has 2 N–H and O–H groups in total. The lowest BCUT2D eigenvalue weighted by atomic mass is 9.50. The van der Waals surface area contributed by atoms with Crippen LogP contribution >= 0.6 is 0 Å². The van der Waals surface area contributed by atoms with E-state index in [4.69, 9.17) is 0 Å². The molecule has 3 aliphatic carbocycles. The fourth-order valence-corrected chi connectivity index (χ4v) is 4.90. The number of nitrogens with zero attached hydrogens (tertiary/aromatic N) is 1. The SMILES string of the molecule is CN1CCC(O)(C2(CO)CC3CCC2CC3)C1. The lowest BCUT2D eigenvalue weighted by Gasteiger charge is -2.57. The smallest absolute Gasteiger partial charge is 0.0866 e. The number of β-amino-alcohol motifs (C(OH)–C–C–N with tert-alkyl or cyclic N) is 1. The van der Waals surface area contributed by atoms with Crippen molar-refractivity contribution < 1.29 is 10.2 Å². The molecule has 4 fully saturated rings. The third-order valence-corrected chi connectivity index (χ3v) is 5.93. The second-order valence-corrected chi connectivity index (χ2v) is 6.76. The molecule has 3 nitrogen and oxygen atoms in total. The van der Waals surface area contributed by atoms with Gasteiger partial charge in [-0.15, -0.1) is 0 Å². The fraction of sp³-hybridized carbons (Fsp3) is 1.00. The minimum Gasteiger partial charge on any atom is -0.396 e. The van der Waals surface area contributed by atoms with Crippen LogP contribution in [0.5, 0.6) is 0 Å². The summed E-state index contributed by atoms with van der Waals surface area (Å²) in [4.78, 5) is 2.21. The van der Waals surface area contributed by atoms with Crippen molar-refractivity contribution in [1.82, 2.24) is 4.90 Å². The molecule has 4 rings (SSSR count). The summed E-state index contributed by atoms with van der Waals surface area (Å²) in [5, 5.41) is 21.1. The van der Waals surface area contributed by atoms with Gasteiger partial charge in [-0.3, -0.25) is 0 Å². The summed E-state index contributed by atoms with van der Waals surface area (Å²) in [5.74, 6) is 1.30. The van der Waals surface area contributed by atoms with E-state index in [1.165, 1.54) is 25.7 Å². The molecule has 2 bridgehead atoms. The first kappa shape index (κ1) is 11.9. The van der Waals surface area contributed by atoms with E-state index in [1.54, 1.807) is 0 Å². The molecule has 17 heavy (non-hydrogen) atoms. The van der Waals surface area contributed by atoms with Crippen molar-refractivity contribution in [3.63, 3.8) is 0 Å². The zero-order chi connectivity index (χ0) is 12.1. The zero-order valence-corrected chi connectivity index (χ0v) is 10.9. The molecule has 2 unspecified atom stereocenters. The molecule has 0 spiro atoms. The Morgan fingerprint density at radius 3 is 2.35 bits per heavy atom. The van der Waals surface area contributed by atoms with Gasteiger partial charge in [0.1, 0.15) is 0 Å². The molecule has 0 amide bonds. The highest BCUT2D eigenvalue weighted by atomic mass is 16.3. The van der Waals surface area contributed by atoms with Crippen LogP contribution in [0.2, 0.25) is 0 Å². The van der Waals surface area contributed by atoms with Gasteiger partial charge >= 0.3 is 0 Å². The van der Waals surface area contributed by atoms with E-state index in [0.29, 0.717) is 5.92 Å². The molecular weight excluding hydrogens is 214 g/mol. The van der Waals surface area contributed by atoms with E-state index >= 15 is 0 Å². The lowest BCUT2D eigenvalue weighted by molar-refractivity contribution is -0.176. The molecule has 4 aliphatic rings. The number of aliphatic hydroxyl groups is 2. The predicted octanol–water partition coefficient (Wildman–Crippen LogP) is 1.24. The number of fused-ring (bicyclic) bond motifs is 3. The maximum atomic E-state index is 11.1. The van der Waals surface area contributed by atoms with E-state index in [9.17, 15) is 10.2 Å². The molecule has 1 heterocycles. The van der Waals surface area contributed by atoms with E-state index < -0.39 is 5.60 Å². The number of likely N-dealkylation sites (tertiary alicyclic amines) is 1. The van der Waals surface area contributed by atoms with E-state index in [0.717, 1.165) is 31.8 Å². The van der Waals surface area contributed by atoms with Gasteiger partial charge in [-0.1, -0.05) is 12.8 Å². The fourth-order valence-electron chi connectivity index (χ4n) is 4.90. The Morgan fingerprint density at radius 1 is 1.24 bits per heavy atom. The second-order valence-electron chi connectivity index (χ2n) is 6.76. The average Bonchev–Trinajstić information content (AvgIpc) is 2.72. The number of rotatable bonds is 2. The second kappa shape index (κ2) is 3.94. The van der Waals surface area contributed by atoms with Gasteiger partial charge < -0.3 is 15.1 Å². The minimum absolute atomic E-state index is 0.179. The van der Waals surface area contributed by atoms with Crippen LogP contribution in [0.4, 0.5) is 0 Å². The largest absolute Gasteiger partial charge is 0.396 e. The van der Waals surface area contributed by atoms with Crippen LogP contribution < -0.4 is 0 Å². The molecule has 98 valence electrons. The van der Waals surface area contributed by atoms with Crippen molar-refractivity contribution in [3.05, 3.63) is 0 Å². The monoisotopic (exact) mass is 239 g/mol. The Bertz CT molecular complexity index is 301. The van der Waals surface area contributed by atoms with Crippen molar-refractivity contribution in [2.45, 2.75) is 44.1 Å². The quantitative estimate of drug-likeness (QED) is 0.762. The minimum atomic E-state index is -0.639. The molecular formula is C14H25NO2. The van der Waals surface area contributed by atoms with E-state index in [-0.39, 0.29) is 12.0 Å². The van der Waals surface area contributed by atoms with Gasteiger partial charge in [0, 0.05) is 18.5 Å². The third-order valence-electron chi connectivity index (χ3n) is 5.93. The zero-order valence-electron chi connectivity index (χ0n) is 10.9. The Hall–Kier alpha value is -0.120. The summed E-state index contributed by atoms with van der Waals surface area (Å²) in [7, 11) is 2.07. The van der Waals surface area contributed by atoms with E-state index in [1.807, 2.05) is 0 Å². The average molecular weight is 239 g/mol. The molecule has 3 heteroatoms. The highest BCUT2D eigenvalue weighted by Crippen LogP contribution is 2.58. The maximum Gasteiger partial charge on any atom is 0.0866 e. The first-order valence-electron chi connectivity index (χ1n) is 7.11. The number of hydrogen-bond acceptors (Lipinski definition) is 3. The van der Waals surface area contributed by atoms with Crippen molar-refractivity contribution in [2.24, 2.45) is 17.3 Å². The molecule has 1 saturated heterocycles. The summed E-state index contributed by atoms with van der Waals surface area (Å²) < 4.78 is 0. The lowest BCUT2D eigenvalue weighted by Crippen LogP contribution is -2.60. The van der Waals surface area contributed by atoms with Crippen molar-refractivity contribution >= 4 is 0 Å². The van der Waals surface area contributed by atoms with Crippen LogP contribution in [-0.4, -0.2) is 47.5 Å². The van der Waals surface area contributed by atoms with Gasteiger partial charge in [0.05, 0.1) is 12.2 Å².